The van der Waals surface area contributed by atoms with Crippen LogP contribution in [0.5, 0.6) is 0 Å². The number of imidazole rings is 1. The summed E-state index contributed by atoms with van der Waals surface area (Å²) in [5.74, 6) is -0.0644. The molecule has 5 heteroatoms. The predicted octanol–water partition coefficient (Wildman–Crippen LogP) is 2.18. The Morgan fingerprint density at radius 3 is 3.00 bits per heavy atom. The number of aromatic amines is 1. The van der Waals surface area contributed by atoms with E-state index in [0.717, 1.165) is 24.0 Å². The summed E-state index contributed by atoms with van der Waals surface area (Å²) in [5, 5.41) is 2.89. The summed E-state index contributed by atoms with van der Waals surface area (Å²) in [7, 11) is 0. The van der Waals surface area contributed by atoms with Crippen molar-refractivity contribution in [3.63, 3.8) is 0 Å². The lowest BCUT2D eigenvalue weighted by Gasteiger charge is -2.05. The number of aryl methyl sites for hydroxylation is 1. The Hall–Kier alpha value is -2.56. The number of nitrogens with zero attached hydrogens (tertiary/aromatic N) is 2. The molecule has 3 rings (SSSR count). The summed E-state index contributed by atoms with van der Waals surface area (Å²) in [5.41, 5.74) is 2.73. The Balaban J connectivity index is 1.52. The molecule has 2 aromatic heterocycles. The molecule has 0 aliphatic carbocycles. The second kappa shape index (κ2) is 5.61. The van der Waals surface area contributed by atoms with Crippen LogP contribution in [-0.4, -0.2) is 27.0 Å². The van der Waals surface area contributed by atoms with Crippen LogP contribution in [0.15, 0.2) is 48.9 Å². The number of hydrogen-bond donors (Lipinski definition) is 2. The third-order valence-corrected chi connectivity index (χ3v) is 3.23. The standard InChI is InChI=1S/C15H16N4O/c20-15(13-6-3-8-16-13)17-9-4-10-19-11-18-12-5-1-2-7-14(12)19/h1-3,5-8,11,16H,4,9-10H2,(H,17,20). The van der Waals surface area contributed by atoms with E-state index in [2.05, 4.69) is 25.9 Å². The van der Waals surface area contributed by atoms with E-state index in [-0.39, 0.29) is 5.91 Å². The van der Waals surface area contributed by atoms with Crippen LogP contribution in [0, 0.1) is 0 Å². The highest BCUT2D eigenvalue weighted by Gasteiger charge is 2.05. The zero-order valence-corrected chi connectivity index (χ0v) is 11.0. The molecular formula is C15H16N4O. The van der Waals surface area contributed by atoms with Crippen LogP contribution in [0.1, 0.15) is 16.9 Å². The zero-order chi connectivity index (χ0) is 13.8. The molecule has 0 fully saturated rings. The fourth-order valence-electron chi connectivity index (χ4n) is 2.21. The minimum atomic E-state index is -0.0644. The summed E-state index contributed by atoms with van der Waals surface area (Å²) in [4.78, 5) is 19.0. The van der Waals surface area contributed by atoms with Crippen LogP contribution >= 0.6 is 0 Å². The molecule has 102 valence electrons. The Kier molecular flexibility index (Phi) is 3.50. The van der Waals surface area contributed by atoms with Gasteiger partial charge in [0, 0.05) is 19.3 Å². The molecule has 3 aromatic rings. The Bertz CT molecular complexity index is 700. The van der Waals surface area contributed by atoms with Crippen LogP contribution in [0.3, 0.4) is 0 Å². The fourth-order valence-corrected chi connectivity index (χ4v) is 2.21. The number of benzene rings is 1. The fraction of sp³-hybridized carbons (Fsp3) is 0.200. The van der Waals surface area contributed by atoms with E-state index in [1.807, 2.05) is 30.6 Å². The second-order valence-corrected chi connectivity index (χ2v) is 4.62. The van der Waals surface area contributed by atoms with Gasteiger partial charge >= 0.3 is 0 Å². The zero-order valence-electron chi connectivity index (χ0n) is 11.0. The van der Waals surface area contributed by atoms with E-state index < -0.39 is 0 Å². The second-order valence-electron chi connectivity index (χ2n) is 4.62. The van der Waals surface area contributed by atoms with Gasteiger partial charge in [0.05, 0.1) is 17.4 Å². The van der Waals surface area contributed by atoms with E-state index in [1.54, 1.807) is 12.3 Å². The van der Waals surface area contributed by atoms with Gasteiger partial charge in [0.1, 0.15) is 5.69 Å². The number of H-pyrrole nitrogens is 1. The maximum Gasteiger partial charge on any atom is 0.267 e. The van der Waals surface area contributed by atoms with Crippen LogP contribution in [0.4, 0.5) is 0 Å². The predicted molar refractivity (Wildman–Crippen MR) is 77.5 cm³/mol. The van der Waals surface area contributed by atoms with Crippen molar-refractivity contribution in [2.75, 3.05) is 6.54 Å². The van der Waals surface area contributed by atoms with Crippen molar-refractivity contribution < 1.29 is 4.79 Å². The summed E-state index contributed by atoms with van der Waals surface area (Å²) in [6.07, 6.45) is 4.46. The average molecular weight is 268 g/mol. The largest absolute Gasteiger partial charge is 0.357 e. The lowest BCUT2D eigenvalue weighted by molar-refractivity contribution is 0.0948. The molecule has 0 saturated heterocycles. The van der Waals surface area contributed by atoms with Crippen molar-refractivity contribution in [1.82, 2.24) is 19.9 Å². The first-order valence-electron chi connectivity index (χ1n) is 6.66. The third-order valence-electron chi connectivity index (χ3n) is 3.23. The highest BCUT2D eigenvalue weighted by Crippen LogP contribution is 2.11. The molecule has 0 spiro atoms. The Labute approximate surface area is 116 Å². The number of fused-ring (bicyclic) bond motifs is 1. The van der Waals surface area contributed by atoms with Gasteiger partial charge in [0.25, 0.3) is 5.91 Å². The number of hydrogen-bond acceptors (Lipinski definition) is 2. The molecular weight excluding hydrogens is 252 g/mol. The molecule has 0 aliphatic rings. The van der Waals surface area contributed by atoms with Crippen molar-refractivity contribution in [2.24, 2.45) is 0 Å². The van der Waals surface area contributed by atoms with Gasteiger partial charge in [-0.25, -0.2) is 4.98 Å². The van der Waals surface area contributed by atoms with E-state index >= 15 is 0 Å². The van der Waals surface area contributed by atoms with Crippen LogP contribution in [0.25, 0.3) is 11.0 Å². The molecule has 0 bridgehead atoms. The normalized spacial score (nSPS) is 10.8. The highest BCUT2D eigenvalue weighted by atomic mass is 16.1. The minimum Gasteiger partial charge on any atom is -0.357 e. The number of amides is 1. The lowest BCUT2D eigenvalue weighted by atomic mass is 10.3. The van der Waals surface area contributed by atoms with Gasteiger partial charge in [-0.15, -0.1) is 0 Å². The molecule has 2 heterocycles. The molecule has 0 atom stereocenters. The van der Waals surface area contributed by atoms with Gasteiger partial charge in [-0.05, 0) is 30.7 Å². The van der Waals surface area contributed by atoms with Gasteiger partial charge < -0.3 is 14.9 Å². The van der Waals surface area contributed by atoms with E-state index in [4.69, 9.17) is 0 Å². The maximum absolute atomic E-state index is 11.7. The van der Waals surface area contributed by atoms with Crippen molar-refractivity contribution in [2.45, 2.75) is 13.0 Å². The van der Waals surface area contributed by atoms with Crippen LogP contribution in [0.2, 0.25) is 0 Å². The summed E-state index contributed by atoms with van der Waals surface area (Å²) in [6, 6.07) is 11.6. The minimum absolute atomic E-state index is 0.0644. The van der Waals surface area contributed by atoms with Gasteiger partial charge in [0.2, 0.25) is 0 Å². The van der Waals surface area contributed by atoms with E-state index in [1.165, 1.54) is 0 Å². The Morgan fingerprint density at radius 1 is 1.25 bits per heavy atom. The Morgan fingerprint density at radius 2 is 2.15 bits per heavy atom. The summed E-state index contributed by atoms with van der Waals surface area (Å²) < 4.78 is 2.11. The van der Waals surface area contributed by atoms with Crippen LogP contribution < -0.4 is 5.32 Å². The molecule has 1 aromatic carbocycles. The quantitative estimate of drug-likeness (QED) is 0.697. The number of para-hydroxylation sites is 2. The van der Waals surface area contributed by atoms with E-state index in [0.29, 0.717) is 12.2 Å². The monoisotopic (exact) mass is 268 g/mol. The molecule has 2 N–H and O–H groups in total. The molecule has 0 saturated carbocycles. The number of carbonyl (C=O) groups excluding carboxylic acids is 1. The number of aromatic nitrogens is 3. The number of nitrogens with one attached hydrogen (secondary N) is 2. The number of rotatable bonds is 5. The summed E-state index contributed by atoms with van der Waals surface area (Å²) >= 11 is 0. The first-order chi connectivity index (χ1) is 9.84. The lowest BCUT2D eigenvalue weighted by Crippen LogP contribution is -2.25. The third kappa shape index (κ3) is 2.56. The highest BCUT2D eigenvalue weighted by molar-refractivity contribution is 5.92. The van der Waals surface area contributed by atoms with Crippen molar-refractivity contribution in [3.8, 4) is 0 Å². The van der Waals surface area contributed by atoms with Gasteiger partial charge in [-0.2, -0.15) is 0 Å². The first kappa shape index (κ1) is 12.5. The maximum atomic E-state index is 11.7. The summed E-state index contributed by atoms with van der Waals surface area (Å²) in [6.45, 7) is 1.48. The SMILES string of the molecule is O=C(NCCCn1cnc2ccccc21)c1ccc[nH]1. The van der Waals surface area contributed by atoms with Gasteiger partial charge in [0.15, 0.2) is 0 Å². The smallest absolute Gasteiger partial charge is 0.267 e. The van der Waals surface area contributed by atoms with Crippen LogP contribution in [-0.2, 0) is 6.54 Å². The van der Waals surface area contributed by atoms with E-state index in [9.17, 15) is 4.79 Å². The molecule has 0 unspecified atom stereocenters. The molecule has 1 amide bonds. The van der Waals surface area contributed by atoms with Gasteiger partial charge in [-0.3, -0.25) is 4.79 Å². The van der Waals surface area contributed by atoms with Crippen molar-refractivity contribution in [1.29, 1.82) is 0 Å². The molecule has 5 nitrogen and oxygen atoms in total. The number of carbonyl (C=O) groups is 1. The molecule has 0 aliphatic heterocycles. The van der Waals surface area contributed by atoms with Crippen molar-refractivity contribution >= 4 is 16.9 Å². The molecule has 0 radical (unpaired) electrons. The van der Waals surface area contributed by atoms with Gasteiger partial charge in [-0.1, -0.05) is 12.1 Å². The molecule has 20 heavy (non-hydrogen) atoms. The first-order valence-corrected chi connectivity index (χ1v) is 6.66. The van der Waals surface area contributed by atoms with Crippen molar-refractivity contribution in [3.05, 3.63) is 54.6 Å². The average Bonchev–Trinajstić information content (AvgIpc) is 3.13. The topological polar surface area (TPSA) is 62.7 Å².